The predicted octanol–water partition coefficient (Wildman–Crippen LogP) is 1.12. The van der Waals surface area contributed by atoms with Crippen molar-refractivity contribution >= 4 is 0 Å². The van der Waals surface area contributed by atoms with E-state index in [-0.39, 0.29) is 0 Å². The second kappa shape index (κ2) is 3.11. The van der Waals surface area contributed by atoms with E-state index in [0.29, 0.717) is 6.04 Å². The molecule has 0 aliphatic carbocycles. The topological polar surface area (TPSA) is 9.23 Å². The third-order valence-electron chi connectivity index (χ3n) is 2.77. The maximum atomic E-state index is 5.46. The zero-order valence-corrected chi connectivity index (χ0v) is 8.13. The Hall–Kier alpha value is -0.0800. The SMILES string of the molecule is CC(C)[C@H]1COCC[N+]1(C)C. The van der Waals surface area contributed by atoms with Gasteiger partial charge in [0.05, 0.1) is 27.3 Å². The fourth-order valence-corrected chi connectivity index (χ4v) is 1.87. The molecule has 1 rings (SSSR count). The van der Waals surface area contributed by atoms with Crippen LogP contribution in [0.25, 0.3) is 0 Å². The number of likely N-dealkylation sites (N-methyl/N-ethyl adjacent to an activating group) is 1. The minimum Gasteiger partial charge on any atom is -0.369 e. The van der Waals surface area contributed by atoms with Crippen LogP contribution in [0.15, 0.2) is 0 Å². The fraction of sp³-hybridized carbons (Fsp3) is 1.00. The minimum absolute atomic E-state index is 0.684. The van der Waals surface area contributed by atoms with Crippen molar-refractivity contribution in [1.29, 1.82) is 0 Å². The monoisotopic (exact) mass is 158 g/mol. The van der Waals surface area contributed by atoms with Crippen molar-refractivity contribution in [2.75, 3.05) is 33.9 Å². The van der Waals surface area contributed by atoms with E-state index in [0.717, 1.165) is 30.2 Å². The van der Waals surface area contributed by atoms with Crippen LogP contribution in [0.1, 0.15) is 13.8 Å². The minimum atomic E-state index is 0.684. The van der Waals surface area contributed by atoms with Crippen molar-refractivity contribution in [1.82, 2.24) is 0 Å². The van der Waals surface area contributed by atoms with Gasteiger partial charge in [-0.2, -0.15) is 0 Å². The van der Waals surface area contributed by atoms with Crippen molar-refractivity contribution in [3.63, 3.8) is 0 Å². The lowest BCUT2D eigenvalue weighted by molar-refractivity contribution is -0.926. The summed E-state index contributed by atoms with van der Waals surface area (Å²) in [5.41, 5.74) is 0. The van der Waals surface area contributed by atoms with Gasteiger partial charge in [-0.15, -0.1) is 0 Å². The third-order valence-corrected chi connectivity index (χ3v) is 2.77. The summed E-state index contributed by atoms with van der Waals surface area (Å²) in [6, 6.07) is 0.684. The molecule has 0 aromatic heterocycles. The molecule has 0 radical (unpaired) electrons. The van der Waals surface area contributed by atoms with Crippen LogP contribution in [-0.4, -0.2) is 44.4 Å². The highest BCUT2D eigenvalue weighted by molar-refractivity contribution is 4.65. The largest absolute Gasteiger partial charge is 0.369 e. The molecule has 2 heteroatoms. The Balaban J connectivity index is 2.60. The first kappa shape index (κ1) is 9.01. The summed E-state index contributed by atoms with van der Waals surface area (Å²) in [6.07, 6.45) is 0. The average Bonchev–Trinajstić information content (AvgIpc) is 1.85. The van der Waals surface area contributed by atoms with Crippen molar-refractivity contribution in [2.45, 2.75) is 19.9 Å². The van der Waals surface area contributed by atoms with Crippen LogP contribution < -0.4 is 0 Å². The van der Waals surface area contributed by atoms with Gasteiger partial charge in [0, 0.05) is 5.92 Å². The standard InChI is InChI=1S/C9H20NO/c1-8(2)9-7-11-6-5-10(9,3)4/h8-9H,5-7H2,1-4H3/q+1/t9-/m1/s1. The summed E-state index contributed by atoms with van der Waals surface area (Å²) >= 11 is 0. The first-order valence-electron chi connectivity index (χ1n) is 4.44. The van der Waals surface area contributed by atoms with E-state index in [2.05, 4.69) is 27.9 Å². The van der Waals surface area contributed by atoms with Gasteiger partial charge < -0.3 is 9.22 Å². The molecule has 66 valence electrons. The van der Waals surface area contributed by atoms with E-state index in [1.807, 2.05) is 0 Å². The first-order valence-corrected chi connectivity index (χ1v) is 4.44. The maximum Gasteiger partial charge on any atom is 0.115 e. The number of rotatable bonds is 1. The van der Waals surface area contributed by atoms with Gasteiger partial charge in [0.1, 0.15) is 12.6 Å². The van der Waals surface area contributed by atoms with Crippen LogP contribution in [0.4, 0.5) is 0 Å². The molecule has 0 aromatic carbocycles. The Labute approximate surface area is 69.7 Å². The van der Waals surface area contributed by atoms with E-state index < -0.39 is 0 Å². The van der Waals surface area contributed by atoms with Crippen molar-refractivity contribution < 1.29 is 9.22 Å². The highest BCUT2D eigenvalue weighted by atomic mass is 16.5. The van der Waals surface area contributed by atoms with Crippen LogP contribution >= 0.6 is 0 Å². The number of hydrogen-bond acceptors (Lipinski definition) is 1. The van der Waals surface area contributed by atoms with Crippen LogP contribution in [0.5, 0.6) is 0 Å². The van der Waals surface area contributed by atoms with Crippen LogP contribution in [0.2, 0.25) is 0 Å². The van der Waals surface area contributed by atoms with Gasteiger partial charge in [-0.25, -0.2) is 0 Å². The molecule has 0 amide bonds. The highest BCUT2D eigenvalue weighted by Gasteiger charge is 2.34. The van der Waals surface area contributed by atoms with Crippen LogP contribution in [-0.2, 0) is 4.74 Å². The van der Waals surface area contributed by atoms with Gasteiger partial charge >= 0.3 is 0 Å². The molecule has 0 bridgehead atoms. The first-order chi connectivity index (χ1) is 5.04. The average molecular weight is 158 g/mol. The van der Waals surface area contributed by atoms with E-state index in [1.54, 1.807) is 0 Å². The molecule has 1 atom stereocenters. The Kier molecular flexibility index (Phi) is 2.55. The van der Waals surface area contributed by atoms with Crippen molar-refractivity contribution in [3.05, 3.63) is 0 Å². The fourth-order valence-electron chi connectivity index (χ4n) is 1.87. The summed E-state index contributed by atoms with van der Waals surface area (Å²) in [6.45, 7) is 7.57. The zero-order chi connectivity index (χ0) is 8.48. The lowest BCUT2D eigenvalue weighted by Crippen LogP contribution is -2.58. The normalized spacial score (nSPS) is 30.8. The quantitative estimate of drug-likeness (QED) is 0.520. The molecule has 2 nitrogen and oxygen atoms in total. The lowest BCUT2D eigenvalue weighted by Gasteiger charge is -2.43. The molecule has 0 saturated carbocycles. The Bertz CT molecular complexity index is 132. The summed E-state index contributed by atoms with van der Waals surface area (Å²) in [7, 11) is 4.60. The summed E-state index contributed by atoms with van der Waals surface area (Å²) in [5.74, 6) is 0.727. The molecular weight excluding hydrogens is 138 g/mol. The maximum absolute atomic E-state index is 5.46. The van der Waals surface area contributed by atoms with E-state index in [9.17, 15) is 0 Å². The number of nitrogens with zero attached hydrogens (tertiary/aromatic N) is 1. The third kappa shape index (κ3) is 1.94. The molecule has 1 fully saturated rings. The molecular formula is C9H20NO+. The number of ether oxygens (including phenoxy) is 1. The summed E-state index contributed by atoms with van der Waals surface area (Å²) in [4.78, 5) is 0. The van der Waals surface area contributed by atoms with Gasteiger partial charge in [-0.3, -0.25) is 0 Å². The van der Waals surface area contributed by atoms with E-state index in [4.69, 9.17) is 4.74 Å². The molecule has 0 spiro atoms. The van der Waals surface area contributed by atoms with Crippen molar-refractivity contribution in [2.24, 2.45) is 5.92 Å². The van der Waals surface area contributed by atoms with Crippen LogP contribution in [0, 0.1) is 5.92 Å². The molecule has 0 aromatic rings. The zero-order valence-electron chi connectivity index (χ0n) is 8.13. The summed E-state index contributed by atoms with van der Waals surface area (Å²) < 4.78 is 6.59. The smallest absolute Gasteiger partial charge is 0.115 e. The Morgan fingerprint density at radius 3 is 2.36 bits per heavy atom. The number of morpholine rings is 1. The summed E-state index contributed by atoms with van der Waals surface area (Å²) in [5, 5.41) is 0. The highest BCUT2D eigenvalue weighted by Crippen LogP contribution is 2.19. The Morgan fingerprint density at radius 1 is 1.36 bits per heavy atom. The molecule has 0 N–H and O–H groups in total. The van der Waals surface area contributed by atoms with Gasteiger partial charge in [-0.05, 0) is 0 Å². The van der Waals surface area contributed by atoms with Crippen molar-refractivity contribution in [3.8, 4) is 0 Å². The molecule has 1 saturated heterocycles. The Morgan fingerprint density at radius 2 is 2.00 bits per heavy atom. The second-order valence-electron chi connectivity index (χ2n) is 4.39. The van der Waals surface area contributed by atoms with Gasteiger partial charge in [0.15, 0.2) is 0 Å². The van der Waals surface area contributed by atoms with Gasteiger partial charge in [-0.1, -0.05) is 13.8 Å². The second-order valence-corrected chi connectivity index (χ2v) is 4.39. The predicted molar refractivity (Wildman–Crippen MR) is 46.4 cm³/mol. The van der Waals surface area contributed by atoms with Gasteiger partial charge in [0.25, 0.3) is 0 Å². The molecule has 1 heterocycles. The molecule has 11 heavy (non-hydrogen) atoms. The van der Waals surface area contributed by atoms with Gasteiger partial charge in [0.2, 0.25) is 0 Å². The van der Waals surface area contributed by atoms with E-state index >= 15 is 0 Å². The molecule has 1 aliphatic heterocycles. The van der Waals surface area contributed by atoms with E-state index in [1.165, 1.54) is 0 Å². The lowest BCUT2D eigenvalue weighted by atomic mass is 10.0. The number of quaternary nitrogens is 1. The molecule has 0 unspecified atom stereocenters. The number of hydrogen-bond donors (Lipinski definition) is 0. The molecule has 1 aliphatic rings. The van der Waals surface area contributed by atoms with Crippen LogP contribution in [0.3, 0.4) is 0 Å².